The zero-order chi connectivity index (χ0) is 30.6. The Labute approximate surface area is 243 Å². The van der Waals surface area contributed by atoms with E-state index in [0.29, 0.717) is 11.3 Å². The highest BCUT2D eigenvalue weighted by Crippen LogP contribution is 2.37. The summed E-state index contributed by atoms with van der Waals surface area (Å²) in [6.45, 7) is -0.259. The van der Waals surface area contributed by atoms with Crippen molar-refractivity contribution in [2.24, 2.45) is 11.7 Å². The fourth-order valence-corrected chi connectivity index (χ4v) is 5.36. The molecule has 1 aliphatic heterocycles. The number of carbonyl (C=O) groups excluding carboxylic acids is 3. The number of rotatable bonds is 8. The molecule has 0 saturated carbocycles. The Balaban J connectivity index is 1.73. The van der Waals surface area contributed by atoms with E-state index >= 15 is 0 Å². The van der Waals surface area contributed by atoms with E-state index < -0.39 is 60.3 Å². The Kier molecular flexibility index (Phi) is 9.17. The number of primary amides is 1. The molecule has 12 heteroatoms. The molecule has 0 radical (unpaired) electrons. The van der Waals surface area contributed by atoms with E-state index in [2.05, 4.69) is 5.32 Å². The lowest BCUT2D eigenvalue weighted by Gasteiger charge is -2.30. The van der Waals surface area contributed by atoms with Gasteiger partial charge in [0.15, 0.2) is 5.78 Å². The van der Waals surface area contributed by atoms with E-state index in [0.717, 1.165) is 12.1 Å². The SMILES string of the molecule is N#Cc1cc(F)cc(N2C[C@H](NC(=O)[C@H](CCC(F)(F)F)[C@@H](C(N)=O)c3ccccc3)C(=O)Cc3c(Cl)cccc32)c1. The fourth-order valence-electron chi connectivity index (χ4n) is 5.12. The monoisotopic (exact) mass is 600 g/mol. The van der Waals surface area contributed by atoms with Gasteiger partial charge in [0.25, 0.3) is 0 Å². The van der Waals surface area contributed by atoms with Crippen molar-refractivity contribution in [3.8, 4) is 6.07 Å². The van der Waals surface area contributed by atoms with Gasteiger partial charge in [-0.2, -0.15) is 18.4 Å². The van der Waals surface area contributed by atoms with Crippen molar-refractivity contribution in [2.45, 2.75) is 37.4 Å². The van der Waals surface area contributed by atoms with E-state index in [9.17, 15) is 37.2 Å². The number of alkyl halides is 3. The lowest BCUT2D eigenvalue weighted by molar-refractivity contribution is -0.144. The minimum absolute atomic E-state index is 0.00381. The molecule has 0 spiro atoms. The van der Waals surface area contributed by atoms with Crippen LogP contribution in [0.5, 0.6) is 0 Å². The number of anilines is 2. The zero-order valence-corrected chi connectivity index (χ0v) is 22.8. The number of Topliss-reactive ketones (excluding diaryl/α,β-unsaturated/α-hetero) is 1. The van der Waals surface area contributed by atoms with Crippen LogP contribution in [0.3, 0.4) is 0 Å². The third-order valence-electron chi connectivity index (χ3n) is 7.07. The molecular weight excluding hydrogens is 576 g/mol. The molecule has 3 atom stereocenters. The average Bonchev–Trinajstić information content (AvgIpc) is 3.07. The number of benzene rings is 3. The van der Waals surface area contributed by atoms with Gasteiger partial charge >= 0.3 is 6.18 Å². The summed E-state index contributed by atoms with van der Waals surface area (Å²) in [6, 6.07) is 16.7. The molecule has 0 unspecified atom stereocenters. The molecule has 0 aromatic heterocycles. The number of amides is 2. The topological polar surface area (TPSA) is 116 Å². The summed E-state index contributed by atoms with van der Waals surface area (Å²) in [5, 5.41) is 12.1. The van der Waals surface area contributed by atoms with Crippen molar-refractivity contribution in [1.29, 1.82) is 5.26 Å². The molecule has 3 aromatic rings. The van der Waals surface area contributed by atoms with Crippen LogP contribution in [0.1, 0.15) is 35.4 Å². The van der Waals surface area contributed by atoms with E-state index in [-0.39, 0.29) is 34.8 Å². The Hall–Kier alpha value is -4.43. The van der Waals surface area contributed by atoms with Crippen LogP contribution in [-0.2, 0) is 20.8 Å². The average molecular weight is 601 g/mol. The molecule has 4 rings (SSSR count). The summed E-state index contributed by atoms with van der Waals surface area (Å²) in [6.07, 6.45) is -7.00. The summed E-state index contributed by atoms with van der Waals surface area (Å²) in [7, 11) is 0. The third kappa shape index (κ3) is 7.06. The van der Waals surface area contributed by atoms with E-state index in [1.54, 1.807) is 36.4 Å². The van der Waals surface area contributed by atoms with Crippen molar-refractivity contribution < 1.29 is 31.9 Å². The number of carbonyl (C=O) groups is 3. The molecular formula is C30H25ClF4N4O3. The number of nitrogens with zero attached hydrogens (tertiary/aromatic N) is 2. The van der Waals surface area contributed by atoms with Crippen molar-refractivity contribution >= 4 is 40.6 Å². The number of nitriles is 1. The van der Waals surface area contributed by atoms with Crippen LogP contribution in [0.4, 0.5) is 28.9 Å². The second kappa shape index (κ2) is 12.6. The standard InChI is InChI=1S/C30H25ClF4N4O3/c31-23-7-4-8-25-22(23)14-26(40)24(16-39(25)20-12-17(15-36)11-19(32)13-20)38-29(42)21(9-10-30(33,34)35)27(28(37)41)18-5-2-1-3-6-18/h1-8,11-13,21,24,27H,9-10,14,16H2,(H2,37,41)(H,38,42)/t21-,24+,27+/m1/s1. The van der Waals surface area contributed by atoms with Gasteiger partial charge < -0.3 is 16.0 Å². The minimum Gasteiger partial charge on any atom is -0.369 e. The summed E-state index contributed by atoms with van der Waals surface area (Å²) in [5.41, 5.74) is 6.85. The van der Waals surface area contributed by atoms with Crippen LogP contribution in [0.15, 0.2) is 66.7 Å². The van der Waals surface area contributed by atoms with Gasteiger partial charge in [-0.25, -0.2) is 4.39 Å². The number of hydrogen-bond acceptors (Lipinski definition) is 5. The zero-order valence-electron chi connectivity index (χ0n) is 22.0. The molecule has 7 nitrogen and oxygen atoms in total. The van der Waals surface area contributed by atoms with Crippen LogP contribution >= 0.6 is 11.6 Å². The summed E-state index contributed by atoms with van der Waals surface area (Å²) >= 11 is 6.40. The highest BCUT2D eigenvalue weighted by atomic mass is 35.5. The first-order chi connectivity index (χ1) is 19.9. The second-order valence-electron chi connectivity index (χ2n) is 9.91. The van der Waals surface area contributed by atoms with Crippen LogP contribution in [0, 0.1) is 23.1 Å². The fraction of sp³-hybridized carbons (Fsp3) is 0.267. The molecule has 0 bridgehead atoms. The predicted octanol–water partition coefficient (Wildman–Crippen LogP) is 5.33. The third-order valence-corrected chi connectivity index (χ3v) is 7.43. The molecule has 3 N–H and O–H groups in total. The first-order valence-corrected chi connectivity index (χ1v) is 13.3. The van der Waals surface area contributed by atoms with Crippen LogP contribution in [0.2, 0.25) is 5.02 Å². The number of fused-ring (bicyclic) bond motifs is 1. The molecule has 1 heterocycles. The lowest BCUT2D eigenvalue weighted by atomic mass is 9.81. The highest BCUT2D eigenvalue weighted by molar-refractivity contribution is 6.32. The number of halogens is 5. The van der Waals surface area contributed by atoms with Crippen molar-refractivity contribution in [3.63, 3.8) is 0 Å². The number of ketones is 1. The molecule has 0 fully saturated rings. The maximum atomic E-state index is 14.4. The Bertz CT molecular complexity index is 1540. The van der Waals surface area contributed by atoms with Crippen molar-refractivity contribution in [1.82, 2.24) is 5.32 Å². The number of hydrogen-bond donors (Lipinski definition) is 2. The molecule has 1 aliphatic rings. The lowest BCUT2D eigenvalue weighted by Crippen LogP contribution is -2.50. The minimum atomic E-state index is -4.62. The quantitative estimate of drug-likeness (QED) is 0.339. The van der Waals surface area contributed by atoms with E-state index in [1.807, 2.05) is 6.07 Å². The summed E-state index contributed by atoms with van der Waals surface area (Å²) < 4.78 is 54.3. The molecule has 3 aromatic carbocycles. The molecule has 2 amide bonds. The Morgan fingerprint density at radius 3 is 2.48 bits per heavy atom. The van der Waals surface area contributed by atoms with Gasteiger partial charge in [0.1, 0.15) is 11.9 Å². The molecule has 0 saturated heterocycles. The first-order valence-electron chi connectivity index (χ1n) is 12.9. The maximum absolute atomic E-state index is 14.4. The molecule has 0 aliphatic carbocycles. The largest absolute Gasteiger partial charge is 0.389 e. The maximum Gasteiger partial charge on any atom is 0.389 e. The predicted molar refractivity (Wildman–Crippen MR) is 147 cm³/mol. The van der Waals surface area contributed by atoms with Gasteiger partial charge in [-0.05, 0) is 42.3 Å². The Morgan fingerprint density at radius 2 is 1.83 bits per heavy atom. The number of nitrogens with two attached hydrogens (primary N) is 1. The van der Waals surface area contributed by atoms with Crippen molar-refractivity contribution in [3.05, 3.63) is 94.3 Å². The Morgan fingerprint density at radius 1 is 1.12 bits per heavy atom. The summed E-state index contributed by atoms with van der Waals surface area (Å²) in [4.78, 5) is 41.1. The van der Waals surface area contributed by atoms with Crippen LogP contribution in [0.25, 0.3) is 0 Å². The molecule has 218 valence electrons. The van der Waals surface area contributed by atoms with Crippen molar-refractivity contribution in [2.75, 3.05) is 11.4 Å². The van der Waals surface area contributed by atoms with E-state index in [4.69, 9.17) is 17.3 Å². The van der Waals surface area contributed by atoms with Gasteiger partial charge in [0.05, 0.1) is 30.0 Å². The van der Waals surface area contributed by atoms with E-state index in [1.165, 1.54) is 23.1 Å². The van der Waals surface area contributed by atoms with Gasteiger partial charge in [-0.1, -0.05) is 48.0 Å². The van der Waals surface area contributed by atoms with Gasteiger partial charge in [0.2, 0.25) is 11.8 Å². The first kappa shape index (κ1) is 30.5. The summed E-state index contributed by atoms with van der Waals surface area (Å²) in [5.74, 6) is -6.16. The van der Waals surface area contributed by atoms with Gasteiger partial charge in [-0.3, -0.25) is 14.4 Å². The van der Waals surface area contributed by atoms with Crippen LogP contribution < -0.4 is 16.0 Å². The highest BCUT2D eigenvalue weighted by Gasteiger charge is 2.40. The second-order valence-corrected chi connectivity index (χ2v) is 10.3. The van der Waals surface area contributed by atoms with Gasteiger partial charge in [0, 0.05) is 34.8 Å². The van der Waals surface area contributed by atoms with Crippen LogP contribution in [-0.4, -0.2) is 36.4 Å². The molecule has 42 heavy (non-hydrogen) atoms. The number of nitrogens with one attached hydrogen (secondary N) is 1. The normalized spacial score (nSPS) is 16.5. The van der Waals surface area contributed by atoms with Gasteiger partial charge in [-0.15, -0.1) is 0 Å². The smallest absolute Gasteiger partial charge is 0.369 e.